The molecule has 0 fully saturated rings. The lowest BCUT2D eigenvalue weighted by Crippen LogP contribution is -2.11. The Kier molecular flexibility index (Phi) is 6.53. The quantitative estimate of drug-likeness (QED) is 0.195. The summed E-state index contributed by atoms with van der Waals surface area (Å²) in [5.74, 6) is 1.46. The Labute approximate surface area is 274 Å². The van der Waals surface area contributed by atoms with Crippen LogP contribution < -0.4 is 4.90 Å². The third kappa shape index (κ3) is 4.64. The minimum Gasteiger partial charge on any atom is -0.460 e. The van der Waals surface area contributed by atoms with E-state index in [2.05, 4.69) is 176 Å². The molecule has 1 heterocycles. The van der Waals surface area contributed by atoms with Crippen LogP contribution in [0.4, 0.5) is 17.1 Å². The fraction of sp³-hybridized carbons (Fsp3) is 0.0667. The van der Waals surface area contributed by atoms with E-state index in [1.807, 2.05) is 0 Å². The first-order chi connectivity index (χ1) is 23.2. The van der Waals surface area contributed by atoms with E-state index in [0.29, 0.717) is 5.92 Å². The van der Waals surface area contributed by atoms with Crippen molar-refractivity contribution in [2.75, 3.05) is 4.90 Å². The molecule has 2 heteroatoms. The summed E-state index contributed by atoms with van der Waals surface area (Å²) in [5, 5.41) is 6.08. The first-order valence-corrected chi connectivity index (χ1v) is 16.4. The van der Waals surface area contributed by atoms with Crippen molar-refractivity contribution in [3.63, 3.8) is 0 Å². The average Bonchev–Trinajstić information content (AvgIpc) is 3.51. The minimum atomic E-state index is 0.370. The Morgan fingerprint density at radius 3 is 2.06 bits per heavy atom. The second kappa shape index (κ2) is 11.2. The third-order valence-electron chi connectivity index (χ3n) is 9.65. The van der Waals surface area contributed by atoms with Crippen molar-refractivity contribution in [2.45, 2.75) is 19.3 Å². The molecule has 0 aliphatic heterocycles. The van der Waals surface area contributed by atoms with Gasteiger partial charge in [0.05, 0.1) is 11.4 Å². The highest BCUT2D eigenvalue weighted by atomic mass is 16.3. The molecule has 1 aromatic heterocycles. The molecule has 1 atom stereocenters. The number of nitrogens with zero attached hydrogens (tertiary/aromatic N) is 1. The molecule has 0 radical (unpaired) electrons. The van der Waals surface area contributed by atoms with E-state index in [0.717, 1.165) is 40.2 Å². The van der Waals surface area contributed by atoms with E-state index in [4.69, 9.17) is 4.42 Å². The lowest BCUT2D eigenvalue weighted by atomic mass is 9.93. The highest BCUT2D eigenvalue weighted by Crippen LogP contribution is 2.46. The third-order valence-corrected chi connectivity index (χ3v) is 9.65. The van der Waals surface area contributed by atoms with Crippen molar-refractivity contribution in [3.8, 4) is 22.3 Å². The Morgan fingerprint density at radius 2 is 1.19 bits per heavy atom. The molecule has 0 saturated heterocycles. The van der Waals surface area contributed by atoms with Gasteiger partial charge in [0.25, 0.3) is 0 Å². The molecule has 2 nitrogen and oxygen atoms in total. The number of furan rings is 1. The number of rotatable bonds is 5. The normalized spacial score (nSPS) is 14.1. The second-order valence-electron chi connectivity index (χ2n) is 12.6. The molecule has 47 heavy (non-hydrogen) atoms. The molecular formula is C45H33NO. The summed E-state index contributed by atoms with van der Waals surface area (Å²) in [4.78, 5) is 2.43. The Hall–Kier alpha value is -5.86. The van der Waals surface area contributed by atoms with Gasteiger partial charge in [-0.05, 0) is 75.7 Å². The van der Waals surface area contributed by atoms with Crippen LogP contribution in [0, 0.1) is 0 Å². The lowest BCUT2D eigenvalue weighted by molar-refractivity contribution is 0.504. The van der Waals surface area contributed by atoms with Gasteiger partial charge in [-0.3, -0.25) is 0 Å². The SMILES string of the molecule is CC1CC=Cc2c1oc1ccc(N(c3ccccc3-c3cccc(-c4cccc5ccccc45)c3)c3cccc4ccccc34)cc21. The summed E-state index contributed by atoms with van der Waals surface area (Å²) in [7, 11) is 0. The molecule has 1 unspecified atom stereocenters. The first kappa shape index (κ1) is 27.5. The minimum absolute atomic E-state index is 0.370. The maximum Gasteiger partial charge on any atom is 0.135 e. The largest absolute Gasteiger partial charge is 0.460 e. The number of para-hydroxylation sites is 1. The molecule has 7 aromatic carbocycles. The Morgan fingerprint density at radius 1 is 0.553 bits per heavy atom. The van der Waals surface area contributed by atoms with Crippen LogP contribution in [0.2, 0.25) is 0 Å². The fourth-order valence-corrected chi connectivity index (χ4v) is 7.35. The number of hydrogen-bond donors (Lipinski definition) is 0. The zero-order chi connectivity index (χ0) is 31.3. The smallest absolute Gasteiger partial charge is 0.135 e. The topological polar surface area (TPSA) is 16.4 Å². The summed E-state index contributed by atoms with van der Waals surface area (Å²) in [6.45, 7) is 2.25. The Bertz CT molecular complexity index is 2470. The van der Waals surface area contributed by atoms with Gasteiger partial charge in [0.15, 0.2) is 0 Å². The molecule has 224 valence electrons. The van der Waals surface area contributed by atoms with Crippen molar-refractivity contribution < 1.29 is 4.42 Å². The van der Waals surface area contributed by atoms with Gasteiger partial charge < -0.3 is 9.32 Å². The maximum absolute atomic E-state index is 6.43. The number of hydrogen-bond acceptors (Lipinski definition) is 2. The van der Waals surface area contributed by atoms with Gasteiger partial charge in [0.1, 0.15) is 11.3 Å². The van der Waals surface area contributed by atoms with E-state index in [-0.39, 0.29) is 0 Å². The van der Waals surface area contributed by atoms with Crippen LogP contribution in [0.5, 0.6) is 0 Å². The van der Waals surface area contributed by atoms with Gasteiger partial charge in [-0.25, -0.2) is 0 Å². The molecule has 1 aliphatic carbocycles. The number of fused-ring (bicyclic) bond motifs is 5. The van der Waals surface area contributed by atoms with E-state index < -0.39 is 0 Å². The van der Waals surface area contributed by atoms with E-state index in [1.54, 1.807) is 0 Å². The second-order valence-corrected chi connectivity index (χ2v) is 12.6. The van der Waals surface area contributed by atoms with Crippen LogP contribution >= 0.6 is 0 Å². The predicted octanol–water partition coefficient (Wildman–Crippen LogP) is 13.1. The van der Waals surface area contributed by atoms with Gasteiger partial charge in [-0.15, -0.1) is 0 Å². The monoisotopic (exact) mass is 603 g/mol. The summed E-state index contributed by atoms with van der Waals surface area (Å²) in [6.07, 6.45) is 5.52. The fourth-order valence-electron chi connectivity index (χ4n) is 7.35. The lowest BCUT2D eigenvalue weighted by Gasteiger charge is -2.29. The summed E-state index contributed by atoms with van der Waals surface area (Å²) in [5.41, 5.74) is 10.3. The molecule has 0 spiro atoms. The van der Waals surface area contributed by atoms with Crippen molar-refractivity contribution in [1.29, 1.82) is 0 Å². The van der Waals surface area contributed by atoms with Crippen LogP contribution in [0.1, 0.15) is 30.6 Å². The van der Waals surface area contributed by atoms with Crippen LogP contribution in [-0.4, -0.2) is 0 Å². The summed E-state index contributed by atoms with van der Waals surface area (Å²) in [6, 6.07) is 54.9. The van der Waals surface area contributed by atoms with Crippen LogP contribution in [0.15, 0.2) is 162 Å². The van der Waals surface area contributed by atoms with Crippen LogP contribution in [-0.2, 0) is 0 Å². The van der Waals surface area contributed by atoms with Gasteiger partial charge in [0.2, 0.25) is 0 Å². The van der Waals surface area contributed by atoms with Gasteiger partial charge in [-0.2, -0.15) is 0 Å². The van der Waals surface area contributed by atoms with Gasteiger partial charge in [0, 0.05) is 33.5 Å². The number of allylic oxidation sites excluding steroid dienone is 1. The molecule has 9 rings (SSSR count). The van der Waals surface area contributed by atoms with Crippen molar-refractivity contribution in [2.24, 2.45) is 0 Å². The molecule has 0 saturated carbocycles. The molecular weight excluding hydrogens is 571 g/mol. The number of benzene rings is 7. The summed E-state index contributed by atoms with van der Waals surface area (Å²) >= 11 is 0. The predicted molar refractivity (Wildman–Crippen MR) is 199 cm³/mol. The van der Waals surface area contributed by atoms with Crippen LogP contribution in [0.3, 0.4) is 0 Å². The van der Waals surface area contributed by atoms with Crippen molar-refractivity contribution in [3.05, 3.63) is 169 Å². The van der Waals surface area contributed by atoms with E-state index in [9.17, 15) is 0 Å². The first-order valence-electron chi connectivity index (χ1n) is 16.4. The van der Waals surface area contributed by atoms with E-state index >= 15 is 0 Å². The highest BCUT2D eigenvalue weighted by molar-refractivity contribution is 6.03. The maximum atomic E-state index is 6.43. The van der Waals surface area contributed by atoms with Gasteiger partial charge >= 0.3 is 0 Å². The van der Waals surface area contributed by atoms with Crippen molar-refractivity contribution >= 4 is 55.7 Å². The molecule has 1 aliphatic rings. The molecule has 8 aromatic rings. The van der Waals surface area contributed by atoms with Crippen LogP contribution in [0.25, 0.3) is 60.8 Å². The van der Waals surface area contributed by atoms with E-state index in [1.165, 1.54) is 49.4 Å². The van der Waals surface area contributed by atoms with Crippen molar-refractivity contribution in [1.82, 2.24) is 0 Å². The average molecular weight is 604 g/mol. The molecule has 0 N–H and O–H groups in total. The number of anilines is 3. The summed E-state index contributed by atoms with van der Waals surface area (Å²) < 4.78 is 6.43. The Balaban J connectivity index is 1.27. The molecule has 0 bridgehead atoms. The highest BCUT2D eigenvalue weighted by Gasteiger charge is 2.24. The van der Waals surface area contributed by atoms with Gasteiger partial charge in [-0.1, -0.05) is 134 Å². The zero-order valence-electron chi connectivity index (χ0n) is 26.2. The molecule has 0 amide bonds. The zero-order valence-corrected chi connectivity index (χ0v) is 26.2. The standard InChI is InChI=1S/C45H33NO/c1-30-12-8-23-40-41-29-35(26-27-44(41)47-45(30)40)46(43-25-11-16-32-14-3-5-20-38(32)43)42-24-7-6-21-39(42)34-18-9-17-33(28-34)37-22-10-15-31-13-2-4-19-36(31)37/h2-11,13-30H,12H2,1H3.